The molecular formula is C12H27N2O6PS. The summed E-state index contributed by atoms with van der Waals surface area (Å²) in [7, 11) is 3.64. The van der Waals surface area contributed by atoms with Gasteiger partial charge in [-0.2, -0.15) is 0 Å². The fraction of sp³-hybridized carbons (Fsp3) is 0.917. The van der Waals surface area contributed by atoms with Crippen LogP contribution in [0.3, 0.4) is 0 Å². The first-order chi connectivity index (χ1) is 10.3. The first-order valence-corrected chi connectivity index (χ1v) is 10.3. The molecule has 132 valence electrons. The fourth-order valence-corrected chi connectivity index (χ4v) is 4.42. The van der Waals surface area contributed by atoms with Crippen molar-refractivity contribution in [2.45, 2.75) is 26.6 Å². The molecule has 0 saturated carbocycles. The summed E-state index contributed by atoms with van der Waals surface area (Å²) >= 11 is 0.817. The molecule has 0 amide bonds. The van der Waals surface area contributed by atoms with E-state index in [-0.39, 0.29) is 12.5 Å². The second kappa shape index (κ2) is 12.2. The minimum atomic E-state index is -3.90. The Morgan fingerprint density at radius 1 is 1.32 bits per heavy atom. The Morgan fingerprint density at radius 3 is 2.41 bits per heavy atom. The number of carbonyl (C=O) groups is 1. The van der Waals surface area contributed by atoms with Crippen molar-refractivity contribution in [2.24, 2.45) is 5.92 Å². The summed E-state index contributed by atoms with van der Waals surface area (Å²) in [4.78, 5) is 21.0. The third kappa shape index (κ3) is 11.3. The van der Waals surface area contributed by atoms with Crippen molar-refractivity contribution in [3.63, 3.8) is 0 Å². The van der Waals surface area contributed by atoms with Crippen LogP contribution in [0.25, 0.3) is 0 Å². The van der Waals surface area contributed by atoms with Crippen LogP contribution in [0, 0.1) is 5.92 Å². The van der Waals surface area contributed by atoms with Crippen LogP contribution in [0.15, 0.2) is 0 Å². The standard InChI is InChI=1S/C12H27N2O6PS/c1-5-6-18-12(15)19-10(2)20-21(16,17)22-9-11(7-13-3)8-14-4/h10-11,13-14H,5-9H2,1-4H3,(H,16,17). The van der Waals surface area contributed by atoms with E-state index in [0.29, 0.717) is 25.3 Å². The quantitative estimate of drug-likeness (QED) is 0.273. The molecule has 0 fully saturated rings. The average Bonchev–Trinajstić information content (AvgIpc) is 2.42. The van der Waals surface area contributed by atoms with Gasteiger partial charge in [0.15, 0.2) is 0 Å². The fourth-order valence-electron chi connectivity index (χ4n) is 1.56. The van der Waals surface area contributed by atoms with Crippen molar-refractivity contribution < 1.29 is 28.3 Å². The van der Waals surface area contributed by atoms with Gasteiger partial charge in [0.25, 0.3) is 0 Å². The normalized spacial score (nSPS) is 15.4. The highest BCUT2D eigenvalue weighted by Gasteiger charge is 2.27. The predicted octanol–water partition coefficient (Wildman–Crippen LogP) is 1.80. The van der Waals surface area contributed by atoms with E-state index in [9.17, 15) is 14.3 Å². The molecule has 8 nitrogen and oxygen atoms in total. The van der Waals surface area contributed by atoms with E-state index in [1.807, 2.05) is 21.0 Å². The molecule has 2 unspecified atom stereocenters. The van der Waals surface area contributed by atoms with E-state index in [4.69, 9.17) is 14.0 Å². The second-order valence-electron chi connectivity index (χ2n) is 4.64. The Kier molecular flexibility index (Phi) is 12.0. The number of hydrogen-bond donors (Lipinski definition) is 3. The summed E-state index contributed by atoms with van der Waals surface area (Å²) in [5, 5.41) is 6.05. The maximum absolute atomic E-state index is 12.0. The van der Waals surface area contributed by atoms with Gasteiger partial charge in [0.1, 0.15) is 0 Å². The maximum Gasteiger partial charge on any atom is 0.510 e. The van der Waals surface area contributed by atoms with E-state index in [2.05, 4.69) is 10.6 Å². The summed E-state index contributed by atoms with van der Waals surface area (Å²) < 4.78 is 26.3. The SMILES string of the molecule is CCCOC(=O)OC(C)OP(=O)(O)SCC(CNC)CNC. The number of hydrogen-bond acceptors (Lipinski definition) is 8. The van der Waals surface area contributed by atoms with Crippen molar-refractivity contribution in [1.29, 1.82) is 0 Å². The second-order valence-corrected chi connectivity index (χ2v) is 8.53. The molecular weight excluding hydrogens is 331 g/mol. The number of carbonyl (C=O) groups excluding carboxylic acids is 1. The van der Waals surface area contributed by atoms with Gasteiger partial charge in [-0.15, -0.1) is 0 Å². The minimum Gasteiger partial charge on any atom is -0.434 e. The first kappa shape index (κ1) is 21.7. The van der Waals surface area contributed by atoms with Gasteiger partial charge in [0.2, 0.25) is 6.29 Å². The molecule has 0 heterocycles. The topological polar surface area (TPSA) is 106 Å². The van der Waals surface area contributed by atoms with Crippen molar-refractivity contribution in [2.75, 3.05) is 39.5 Å². The zero-order valence-electron chi connectivity index (χ0n) is 13.5. The highest BCUT2D eigenvalue weighted by Crippen LogP contribution is 2.57. The average molecular weight is 358 g/mol. The molecule has 0 aliphatic carbocycles. The number of nitrogens with one attached hydrogen (secondary N) is 2. The summed E-state index contributed by atoms with van der Waals surface area (Å²) in [5.41, 5.74) is 0. The third-order valence-electron chi connectivity index (χ3n) is 2.43. The van der Waals surface area contributed by atoms with Crippen molar-refractivity contribution >= 4 is 24.3 Å². The number of rotatable bonds is 12. The lowest BCUT2D eigenvalue weighted by molar-refractivity contribution is -0.0545. The lowest BCUT2D eigenvalue weighted by Crippen LogP contribution is -2.29. The molecule has 0 spiro atoms. The van der Waals surface area contributed by atoms with Crippen LogP contribution in [0.4, 0.5) is 4.79 Å². The lowest BCUT2D eigenvalue weighted by atomic mass is 10.2. The number of ether oxygens (including phenoxy) is 2. The molecule has 0 aromatic rings. The van der Waals surface area contributed by atoms with Crippen molar-refractivity contribution in [3.05, 3.63) is 0 Å². The first-order valence-electron chi connectivity index (χ1n) is 7.13. The maximum atomic E-state index is 12.0. The van der Waals surface area contributed by atoms with Gasteiger partial charge in [0.05, 0.1) is 6.61 Å². The van der Waals surface area contributed by atoms with Crippen LogP contribution in [0.1, 0.15) is 20.3 Å². The molecule has 0 saturated heterocycles. The monoisotopic (exact) mass is 358 g/mol. The van der Waals surface area contributed by atoms with Crippen LogP contribution < -0.4 is 10.6 Å². The van der Waals surface area contributed by atoms with Crippen LogP contribution in [0.2, 0.25) is 0 Å². The molecule has 0 aromatic carbocycles. The molecule has 3 N–H and O–H groups in total. The highest BCUT2D eigenvalue weighted by molar-refractivity contribution is 8.54. The molecule has 0 aliphatic rings. The van der Waals surface area contributed by atoms with Gasteiger partial charge in [-0.05, 0) is 57.8 Å². The molecule has 0 aromatic heterocycles. The van der Waals surface area contributed by atoms with Crippen LogP contribution >= 0.6 is 18.2 Å². The van der Waals surface area contributed by atoms with Gasteiger partial charge in [-0.25, -0.2) is 9.36 Å². The Bertz CT molecular complexity index is 355. The van der Waals surface area contributed by atoms with Gasteiger partial charge in [-0.1, -0.05) is 6.92 Å². The summed E-state index contributed by atoms with van der Waals surface area (Å²) in [6.45, 7) is 0.965. The van der Waals surface area contributed by atoms with E-state index in [1.165, 1.54) is 6.92 Å². The van der Waals surface area contributed by atoms with Gasteiger partial charge >= 0.3 is 13.0 Å². The summed E-state index contributed by atoms with van der Waals surface area (Å²) in [6, 6.07) is 0. The predicted molar refractivity (Wildman–Crippen MR) is 86.9 cm³/mol. The summed E-state index contributed by atoms with van der Waals surface area (Å²) in [5.74, 6) is 0.609. The van der Waals surface area contributed by atoms with Crippen LogP contribution in [0.5, 0.6) is 0 Å². The lowest BCUT2D eigenvalue weighted by Gasteiger charge is -2.20. The molecule has 0 bridgehead atoms. The van der Waals surface area contributed by atoms with Crippen LogP contribution in [-0.4, -0.2) is 56.9 Å². The molecule has 0 rings (SSSR count). The zero-order valence-corrected chi connectivity index (χ0v) is 15.2. The molecule has 10 heteroatoms. The molecule has 0 aliphatic heterocycles. The molecule has 22 heavy (non-hydrogen) atoms. The molecule has 2 atom stereocenters. The Labute approximate surface area is 135 Å². The van der Waals surface area contributed by atoms with E-state index in [1.54, 1.807) is 0 Å². The van der Waals surface area contributed by atoms with Crippen molar-refractivity contribution in [3.8, 4) is 0 Å². The summed E-state index contributed by atoms with van der Waals surface area (Å²) in [6.07, 6.45) is -1.40. The Morgan fingerprint density at radius 2 is 1.91 bits per heavy atom. The van der Waals surface area contributed by atoms with Gasteiger partial charge in [0, 0.05) is 5.75 Å². The minimum absolute atomic E-state index is 0.176. The van der Waals surface area contributed by atoms with Gasteiger partial charge < -0.3 is 25.0 Å². The van der Waals surface area contributed by atoms with Crippen LogP contribution in [-0.2, 0) is 18.6 Å². The van der Waals surface area contributed by atoms with E-state index >= 15 is 0 Å². The highest BCUT2D eigenvalue weighted by atomic mass is 32.7. The smallest absolute Gasteiger partial charge is 0.434 e. The van der Waals surface area contributed by atoms with Gasteiger partial charge in [-0.3, -0.25) is 4.52 Å². The Balaban J connectivity index is 4.20. The van der Waals surface area contributed by atoms with E-state index in [0.717, 1.165) is 11.4 Å². The van der Waals surface area contributed by atoms with Crippen molar-refractivity contribution in [1.82, 2.24) is 10.6 Å². The largest absolute Gasteiger partial charge is 0.510 e. The Hall–Kier alpha value is -0.310. The zero-order chi connectivity index (χ0) is 17.0. The third-order valence-corrected chi connectivity index (χ3v) is 5.62. The van der Waals surface area contributed by atoms with E-state index < -0.39 is 19.2 Å². The molecule has 0 radical (unpaired) electrons.